The molecular weight excluding hydrogens is 380 g/mol. The second kappa shape index (κ2) is 7.36. The Hall–Kier alpha value is -3.00. The highest BCUT2D eigenvalue weighted by molar-refractivity contribution is 5.62. The van der Waals surface area contributed by atoms with E-state index in [0.717, 1.165) is 55.7 Å². The van der Waals surface area contributed by atoms with Gasteiger partial charge in [-0.3, -0.25) is 0 Å². The van der Waals surface area contributed by atoms with Crippen LogP contribution >= 0.6 is 0 Å². The molecule has 8 heteroatoms. The molecule has 156 valence electrons. The number of aromatic nitrogens is 4. The lowest BCUT2D eigenvalue weighted by atomic mass is 9.77. The maximum atomic E-state index is 9.75. The minimum absolute atomic E-state index is 0.231. The van der Waals surface area contributed by atoms with E-state index in [4.69, 9.17) is 15.2 Å². The largest absolute Gasteiger partial charge is 0.393 e. The van der Waals surface area contributed by atoms with Gasteiger partial charge < -0.3 is 20.3 Å². The van der Waals surface area contributed by atoms with Crippen molar-refractivity contribution in [3.8, 4) is 11.1 Å². The summed E-state index contributed by atoms with van der Waals surface area (Å²) in [5.74, 6) is 1.50. The molecule has 3 aromatic rings. The number of aliphatic hydroxyl groups is 1. The van der Waals surface area contributed by atoms with Crippen molar-refractivity contribution in [3.63, 3.8) is 0 Å². The molecule has 0 radical (unpaired) electrons. The molecule has 0 spiro atoms. The number of hydrogen-bond donors (Lipinski definition) is 2. The van der Waals surface area contributed by atoms with E-state index in [1.54, 1.807) is 12.4 Å². The van der Waals surface area contributed by atoms with Crippen molar-refractivity contribution in [2.45, 2.75) is 44.1 Å². The highest BCUT2D eigenvalue weighted by atomic mass is 16.5. The number of benzene rings is 1. The molecule has 2 fully saturated rings. The molecule has 3 N–H and O–H groups in total. The summed E-state index contributed by atoms with van der Waals surface area (Å²) in [5, 5.41) is 14.1. The summed E-state index contributed by atoms with van der Waals surface area (Å²) in [6, 6.07) is 8.99. The van der Waals surface area contributed by atoms with E-state index in [1.165, 1.54) is 5.56 Å². The van der Waals surface area contributed by atoms with Crippen LogP contribution in [-0.4, -0.2) is 44.4 Å². The molecule has 1 aromatic carbocycles. The third kappa shape index (κ3) is 3.41. The van der Waals surface area contributed by atoms with Gasteiger partial charge in [-0.05, 0) is 49.7 Å². The van der Waals surface area contributed by atoms with Gasteiger partial charge in [-0.15, -0.1) is 0 Å². The van der Waals surface area contributed by atoms with Crippen LogP contribution in [0, 0.1) is 5.92 Å². The first kappa shape index (κ1) is 19.0. The summed E-state index contributed by atoms with van der Waals surface area (Å²) < 4.78 is 5.64. The predicted octanol–water partition coefficient (Wildman–Crippen LogP) is 2.79. The number of piperidine rings is 1. The molecule has 0 amide bonds. The first-order valence-corrected chi connectivity index (χ1v) is 10.5. The zero-order valence-electron chi connectivity index (χ0n) is 17.0. The summed E-state index contributed by atoms with van der Waals surface area (Å²) in [6.07, 6.45) is 7.01. The minimum Gasteiger partial charge on any atom is -0.393 e. The molecule has 2 aromatic heterocycles. The maximum Gasteiger partial charge on any atom is 0.324 e. The van der Waals surface area contributed by atoms with Gasteiger partial charge in [-0.2, -0.15) is 4.98 Å². The van der Waals surface area contributed by atoms with Crippen LogP contribution in [0.4, 0.5) is 12.0 Å². The number of aliphatic hydroxyl groups excluding tert-OH is 1. The molecule has 1 atom stereocenters. The highest BCUT2D eigenvalue weighted by Gasteiger charge is 2.47. The van der Waals surface area contributed by atoms with Gasteiger partial charge in [-0.25, -0.2) is 9.97 Å². The number of nitrogens with zero attached hydrogens (tertiary/aromatic N) is 5. The van der Waals surface area contributed by atoms with Gasteiger partial charge in [0.1, 0.15) is 0 Å². The summed E-state index contributed by atoms with van der Waals surface area (Å²) in [7, 11) is 0. The first-order valence-electron chi connectivity index (χ1n) is 10.5. The maximum absolute atomic E-state index is 9.75. The Morgan fingerprint density at radius 2 is 1.70 bits per heavy atom. The van der Waals surface area contributed by atoms with E-state index >= 15 is 0 Å². The lowest BCUT2D eigenvalue weighted by Gasteiger charge is -2.28. The molecule has 1 unspecified atom stereocenters. The van der Waals surface area contributed by atoms with Gasteiger partial charge >= 0.3 is 6.01 Å². The molecule has 5 rings (SSSR count). The fourth-order valence-corrected chi connectivity index (χ4v) is 4.32. The Morgan fingerprint density at radius 3 is 2.33 bits per heavy atom. The van der Waals surface area contributed by atoms with Crippen molar-refractivity contribution < 1.29 is 9.63 Å². The zero-order chi connectivity index (χ0) is 20.7. The van der Waals surface area contributed by atoms with Crippen LogP contribution in [-0.2, 0) is 5.41 Å². The minimum atomic E-state index is -0.298. The van der Waals surface area contributed by atoms with Crippen LogP contribution in [0.3, 0.4) is 0 Å². The number of hydrogen-bond acceptors (Lipinski definition) is 8. The number of nitrogens with two attached hydrogens (primary N) is 1. The third-order valence-corrected chi connectivity index (χ3v) is 6.50. The Bertz CT molecular complexity index is 1010. The van der Waals surface area contributed by atoms with Crippen molar-refractivity contribution in [2.75, 3.05) is 23.7 Å². The van der Waals surface area contributed by atoms with Gasteiger partial charge in [-0.1, -0.05) is 29.4 Å². The summed E-state index contributed by atoms with van der Waals surface area (Å²) in [5.41, 5.74) is 8.43. The number of nitrogen functional groups attached to an aromatic ring is 1. The predicted molar refractivity (Wildman–Crippen MR) is 113 cm³/mol. The Labute approximate surface area is 175 Å². The number of rotatable bonds is 5. The highest BCUT2D eigenvalue weighted by Crippen LogP contribution is 2.50. The van der Waals surface area contributed by atoms with Crippen molar-refractivity contribution in [1.82, 2.24) is 20.1 Å². The Balaban J connectivity index is 1.43. The number of anilines is 2. The molecule has 3 heterocycles. The van der Waals surface area contributed by atoms with Gasteiger partial charge in [0.25, 0.3) is 0 Å². The summed E-state index contributed by atoms with van der Waals surface area (Å²) in [6.45, 7) is 3.68. The lowest BCUT2D eigenvalue weighted by molar-refractivity contribution is 0.143. The van der Waals surface area contributed by atoms with Crippen LogP contribution < -0.4 is 10.6 Å². The first-order chi connectivity index (χ1) is 14.5. The van der Waals surface area contributed by atoms with Crippen molar-refractivity contribution >= 4 is 12.0 Å². The van der Waals surface area contributed by atoms with Gasteiger partial charge in [0.2, 0.25) is 5.95 Å². The van der Waals surface area contributed by atoms with Crippen molar-refractivity contribution in [1.29, 1.82) is 0 Å². The third-order valence-electron chi connectivity index (χ3n) is 6.50. The second-order valence-electron chi connectivity index (χ2n) is 8.50. The smallest absolute Gasteiger partial charge is 0.324 e. The van der Waals surface area contributed by atoms with Crippen LogP contribution in [0.5, 0.6) is 0 Å². The zero-order valence-corrected chi connectivity index (χ0v) is 17.0. The molecule has 2 aliphatic rings. The molecule has 1 saturated heterocycles. The lowest BCUT2D eigenvalue weighted by Crippen LogP contribution is -2.36. The van der Waals surface area contributed by atoms with Gasteiger partial charge in [0.15, 0.2) is 5.82 Å². The van der Waals surface area contributed by atoms with Crippen molar-refractivity contribution in [3.05, 3.63) is 48.0 Å². The van der Waals surface area contributed by atoms with E-state index in [1.807, 2.05) is 0 Å². The molecule has 1 saturated carbocycles. The molecule has 30 heavy (non-hydrogen) atoms. The average Bonchev–Trinajstić information content (AvgIpc) is 3.52. The van der Waals surface area contributed by atoms with Crippen LogP contribution in [0.25, 0.3) is 11.1 Å². The molecule has 1 aliphatic carbocycles. The Morgan fingerprint density at radius 1 is 1.03 bits per heavy atom. The second-order valence-corrected chi connectivity index (χ2v) is 8.50. The fraction of sp³-hybridized carbons (Fsp3) is 0.455. The van der Waals surface area contributed by atoms with Gasteiger partial charge in [0.05, 0.1) is 11.5 Å². The fourth-order valence-electron chi connectivity index (χ4n) is 4.32. The van der Waals surface area contributed by atoms with Crippen LogP contribution in [0.15, 0.2) is 41.2 Å². The topological polar surface area (TPSA) is 114 Å². The van der Waals surface area contributed by atoms with E-state index in [9.17, 15) is 5.11 Å². The van der Waals surface area contributed by atoms with E-state index in [0.29, 0.717) is 11.9 Å². The molecule has 0 bridgehead atoms. The molecular formula is C22H26N6O2. The molecule has 8 nitrogen and oxygen atoms in total. The monoisotopic (exact) mass is 406 g/mol. The van der Waals surface area contributed by atoms with Crippen LogP contribution in [0.2, 0.25) is 0 Å². The quantitative estimate of drug-likeness (QED) is 0.665. The van der Waals surface area contributed by atoms with E-state index < -0.39 is 0 Å². The normalized spacial score (nSPS) is 19.6. The Kier molecular flexibility index (Phi) is 4.66. The van der Waals surface area contributed by atoms with Crippen molar-refractivity contribution in [2.24, 2.45) is 5.92 Å². The van der Waals surface area contributed by atoms with Gasteiger partial charge in [0, 0.05) is 31.0 Å². The SMILES string of the molecule is CC(c1ccc(-c2cnc(N)nc2)cc1)(c1noc(N2CCC(O)CC2)n1)C1CC1. The summed E-state index contributed by atoms with van der Waals surface area (Å²) in [4.78, 5) is 15.0. The van der Waals surface area contributed by atoms with Crippen LogP contribution in [0.1, 0.15) is 44.0 Å². The molecule has 1 aliphatic heterocycles. The average molecular weight is 406 g/mol. The van der Waals surface area contributed by atoms with E-state index in [2.05, 4.69) is 51.2 Å². The van der Waals surface area contributed by atoms with E-state index in [-0.39, 0.29) is 17.5 Å². The standard InChI is InChI=1S/C22H26N6O2/c1-22(17-6-7-17,19-26-21(30-27-19)28-10-8-18(29)9-11-28)16-4-2-14(3-5-16)15-12-24-20(23)25-13-15/h2-5,12-13,17-18,29H,6-11H2,1H3,(H2,23,24,25). The summed E-state index contributed by atoms with van der Waals surface area (Å²) >= 11 is 0.